The molecule has 0 aliphatic carbocycles. The number of H-pyrrole nitrogens is 1. The summed E-state index contributed by atoms with van der Waals surface area (Å²) in [5.41, 5.74) is 0.269. The lowest BCUT2D eigenvalue weighted by Crippen LogP contribution is -2.37. The molecule has 0 atom stereocenters. The largest absolute Gasteiger partial charge is 0.481 e. The standard InChI is InChI=1S/C20H20FN3O4/c1-27-11-10-24(19(25)13-28-17-9-5-3-7-15(17)21)12-18-22-16-8-4-2-6-14(16)20(26)23-18/h2-9H,10-13H2,1H3,(H,22,23,26). The summed E-state index contributed by atoms with van der Waals surface area (Å²) in [6, 6.07) is 12.8. The number of hydrogen-bond donors (Lipinski definition) is 1. The van der Waals surface area contributed by atoms with Gasteiger partial charge < -0.3 is 19.4 Å². The lowest BCUT2D eigenvalue weighted by molar-refractivity contribution is -0.134. The summed E-state index contributed by atoms with van der Waals surface area (Å²) in [7, 11) is 1.52. The van der Waals surface area contributed by atoms with Crippen LogP contribution in [0.1, 0.15) is 5.82 Å². The van der Waals surface area contributed by atoms with Crippen molar-refractivity contribution >= 4 is 16.8 Å². The molecule has 8 heteroatoms. The van der Waals surface area contributed by atoms with Crippen molar-refractivity contribution in [1.29, 1.82) is 0 Å². The van der Waals surface area contributed by atoms with Crippen LogP contribution in [0.25, 0.3) is 10.9 Å². The molecule has 0 saturated heterocycles. The lowest BCUT2D eigenvalue weighted by atomic mass is 10.2. The molecule has 0 radical (unpaired) electrons. The number of benzene rings is 2. The van der Waals surface area contributed by atoms with Crippen LogP contribution in [0.3, 0.4) is 0 Å². The highest BCUT2D eigenvalue weighted by molar-refractivity contribution is 5.78. The van der Waals surface area contributed by atoms with Crippen molar-refractivity contribution in [3.05, 3.63) is 70.5 Å². The van der Waals surface area contributed by atoms with E-state index in [0.717, 1.165) is 0 Å². The van der Waals surface area contributed by atoms with Gasteiger partial charge in [0, 0.05) is 13.7 Å². The van der Waals surface area contributed by atoms with E-state index in [-0.39, 0.29) is 36.9 Å². The Morgan fingerprint density at radius 1 is 1.18 bits per heavy atom. The average Bonchev–Trinajstić information content (AvgIpc) is 2.70. The molecule has 0 unspecified atom stereocenters. The summed E-state index contributed by atoms with van der Waals surface area (Å²) < 4.78 is 24.0. The van der Waals surface area contributed by atoms with Gasteiger partial charge in [0.25, 0.3) is 11.5 Å². The molecule has 1 amide bonds. The van der Waals surface area contributed by atoms with Crippen molar-refractivity contribution in [2.45, 2.75) is 6.54 Å². The molecular formula is C20H20FN3O4. The maximum absolute atomic E-state index is 13.7. The third-order valence-corrected chi connectivity index (χ3v) is 4.11. The van der Waals surface area contributed by atoms with Gasteiger partial charge in [0.15, 0.2) is 18.2 Å². The summed E-state index contributed by atoms with van der Waals surface area (Å²) in [5.74, 6) is -0.575. The van der Waals surface area contributed by atoms with E-state index in [1.165, 1.54) is 30.2 Å². The van der Waals surface area contributed by atoms with E-state index >= 15 is 0 Å². The third-order valence-electron chi connectivity index (χ3n) is 4.11. The monoisotopic (exact) mass is 385 g/mol. The van der Waals surface area contributed by atoms with Gasteiger partial charge in [-0.2, -0.15) is 0 Å². The van der Waals surface area contributed by atoms with Crippen LogP contribution in [0.5, 0.6) is 5.75 Å². The van der Waals surface area contributed by atoms with E-state index in [0.29, 0.717) is 23.3 Å². The molecule has 28 heavy (non-hydrogen) atoms. The molecule has 0 bridgehead atoms. The molecule has 0 spiro atoms. The van der Waals surface area contributed by atoms with E-state index in [4.69, 9.17) is 9.47 Å². The number of para-hydroxylation sites is 2. The third kappa shape index (κ3) is 4.72. The summed E-state index contributed by atoms with van der Waals surface area (Å²) >= 11 is 0. The van der Waals surface area contributed by atoms with Gasteiger partial charge in [0.05, 0.1) is 24.1 Å². The Kier molecular flexibility index (Phi) is 6.33. The highest BCUT2D eigenvalue weighted by Crippen LogP contribution is 2.15. The number of halogens is 1. The molecule has 2 aromatic carbocycles. The van der Waals surface area contributed by atoms with Crippen molar-refractivity contribution in [3.8, 4) is 5.75 Å². The SMILES string of the molecule is COCCN(Cc1nc2ccccc2c(=O)[nH]1)C(=O)COc1ccccc1F. The Labute approximate surface area is 160 Å². The first-order valence-electron chi connectivity index (χ1n) is 8.70. The Morgan fingerprint density at radius 3 is 2.71 bits per heavy atom. The Balaban J connectivity index is 1.75. The average molecular weight is 385 g/mol. The number of amides is 1. The van der Waals surface area contributed by atoms with Gasteiger partial charge in [-0.15, -0.1) is 0 Å². The number of hydrogen-bond acceptors (Lipinski definition) is 5. The number of carbonyl (C=O) groups excluding carboxylic acids is 1. The zero-order valence-corrected chi connectivity index (χ0v) is 15.4. The van der Waals surface area contributed by atoms with Crippen LogP contribution in [0.15, 0.2) is 53.3 Å². The Bertz CT molecular complexity index is 1020. The van der Waals surface area contributed by atoms with Crippen LogP contribution in [0, 0.1) is 5.82 Å². The minimum Gasteiger partial charge on any atom is -0.481 e. The fraction of sp³-hybridized carbons (Fsp3) is 0.250. The first-order chi connectivity index (χ1) is 13.6. The molecule has 0 fully saturated rings. The lowest BCUT2D eigenvalue weighted by Gasteiger charge is -2.22. The van der Waals surface area contributed by atoms with Crippen LogP contribution in [0.2, 0.25) is 0 Å². The summed E-state index contributed by atoms with van der Waals surface area (Å²) in [5, 5.41) is 0.476. The molecule has 146 valence electrons. The number of aromatic nitrogens is 2. The molecule has 0 aliphatic heterocycles. The predicted octanol–water partition coefficient (Wildman–Crippen LogP) is 2.12. The number of methoxy groups -OCH3 is 1. The number of nitrogens with zero attached hydrogens (tertiary/aromatic N) is 2. The molecule has 7 nitrogen and oxygen atoms in total. The minimum atomic E-state index is -0.542. The normalized spacial score (nSPS) is 10.8. The van der Waals surface area contributed by atoms with Gasteiger partial charge in [0.1, 0.15) is 5.82 Å². The first kappa shape index (κ1) is 19.5. The molecule has 1 heterocycles. The van der Waals surface area contributed by atoms with Crippen LogP contribution in [-0.4, -0.2) is 47.6 Å². The summed E-state index contributed by atoms with van der Waals surface area (Å²) in [6.45, 7) is 0.293. The quantitative estimate of drug-likeness (QED) is 0.642. The van der Waals surface area contributed by atoms with Gasteiger partial charge in [0.2, 0.25) is 0 Å². The molecule has 1 N–H and O–H groups in total. The van der Waals surface area contributed by atoms with E-state index in [2.05, 4.69) is 9.97 Å². The second-order valence-corrected chi connectivity index (χ2v) is 6.06. The molecule has 1 aromatic heterocycles. The number of nitrogens with one attached hydrogen (secondary N) is 1. The number of aromatic amines is 1. The van der Waals surface area contributed by atoms with E-state index in [9.17, 15) is 14.0 Å². The van der Waals surface area contributed by atoms with E-state index in [1.54, 1.807) is 30.3 Å². The van der Waals surface area contributed by atoms with Crippen LogP contribution in [0.4, 0.5) is 4.39 Å². The maximum Gasteiger partial charge on any atom is 0.260 e. The minimum absolute atomic E-state index is 0.000205. The summed E-state index contributed by atoms with van der Waals surface area (Å²) in [4.78, 5) is 33.4. The van der Waals surface area contributed by atoms with Gasteiger partial charge in [-0.05, 0) is 24.3 Å². The maximum atomic E-state index is 13.7. The van der Waals surface area contributed by atoms with Crippen molar-refractivity contribution in [2.24, 2.45) is 0 Å². The molecular weight excluding hydrogens is 365 g/mol. The highest BCUT2D eigenvalue weighted by atomic mass is 19.1. The second-order valence-electron chi connectivity index (χ2n) is 6.06. The Hall–Kier alpha value is -3.26. The van der Waals surface area contributed by atoms with Crippen molar-refractivity contribution in [2.75, 3.05) is 26.9 Å². The van der Waals surface area contributed by atoms with Gasteiger partial charge >= 0.3 is 0 Å². The topological polar surface area (TPSA) is 84.5 Å². The zero-order valence-electron chi connectivity index (χ0n) is 15.4. The number of ether oxygens (including phenoxy) is 2. The van der Waals surface area contributed by atoms with E-state index in [1.807, 2.05) is 0 Å². The predicted molar refractivity (Wildman–Crippen MR) is 102 cm³/mol. The molecule has 0 saturated carbocycles. The van der Waals surface area contributed by atoms with Crippen LogP contribution < -0.4 is 10.3 Å². The Morgan fingerprint density at radius 2 is 1.93 bits per heavy atom. The fourth-order valence-electron chi connectivity index (χ4n) is 2.68. The zero-order chi connectivity index (χ0) is 19.9. The second kappa shape index (κ2) is 9.09. The summed E-state index contributed by atoms with van der Waals surface area (Å²) in [6.07, 6.45) is 0. The first-order valence-corrected chi connectivity index (χ1v) is 8.70. The van der Waals surface area contributed by atoms with Crippen molar-refractivity contribution < 1.29 is 18.7 Å². The van der Waals surface area contributed by atoms with Crippen LogP contribution >= 0.6 is 0 Å². The van der Waals surface area contributed by atoms with Gasteiger partial charge in [-0.1, -0.05) is 24.3 Å². The van der Waals surface area contributed by atoms with Crippen LogP contribution in [-0.2, 0) is 16.1 Å². The number of fused-ring (bicyclic) bond motifs is 1. The molecule has 3 rings (SSSR count). The van der Waals surface area contributed by atoms with Crippen molar-refractivity contribution in [3.63, 3.8) is 0 Å². The highest BCUT2D eigenvalue weighted by Gasteiger charge is 2.17. The fourth-order valence-corrected chi connectivity index (χ4v) is 2.68. The van der Waals surface area contributed by atoms with Crippen molar-refractivity contribution in [1.82, 2.24) is 14.9 Å². The van der Waals surface area contributed by atoms with Gasteiger partial charge in [-0.3, -0.25) is 9.59 Å². The molecule has 0 aliphatic rings. The number of rotatable bonds is 8. The van der Waals surface area contributed by atoms with E-state index < -0.39 is 5.82 Å². The number of carbonyl (C=O) groups is 1. The van der Waals surface area contributed by atoms with Gasteiger partial charge in [-0.25, -0.2) is 9.37 Å². The smallest absolute Gasteiger partial charge is 0.260 e. The molecule has 3 aromatic rings.